The average Bonchev–Trinajstić information content (AvgIpc) is 3.08. The van der Waals surface area contributed by atoms with Crippen molar-refractivity contribution in [2.24, 2.45) is 0 Å². The second-order valence-corrected chi connectivity index (χ2v) is 5.67. The molecule has 0 aromatic carbocycles. The second kappa shape index (κ2) is 7.07. The summed E-state index contributed by atoms with van der Waals surface area (Å²) in [5.74, 6) is 0.111. The van der Waals surface area contributed by atoms with E-state index in [0.29, 0.717) is 18.0 Å². The standard InChI is InChI=1S/C13H20N6OS/c1-3-6-18(2)13-17-11(14)10(21-13)12(20)16-5-8-19-7-4-15-9-19/h4,7,9H,3,5-6,8,14H2,1-2H3,(H,16,20). The third-order valence-corrected chi connectivity index (χ3v) is 4.13. The summed E-state index contributed by atoms with van der Waals surface area (Å²) < 4.78 is 1.90. The highest BCUT2D eigenvalue weighted by Gasteiger charge is 2.17. The Balaban J connectivity index is 1.92. The van der Waals surface area contributed by atoms with Crippen molar-refractivity contribution in [1.82, 2.24) is 19.9 Å². The fourth-order valence-corrected chi connectivity index (χ4v) is 2.76. The van der Waals surface area contributed by atoms with E-state index in [4.69, 9.17) is 5.73 Å². The van der Waals surface area contributed by atoms with Crippen molar-refractivity contribution in [2.75, 3.05) is 30.8 Å². The molecule has 0 radical (unpaired) electrons. The van der Waals surface area contributed by atoms with Gasteiger partial charge in [0.25, 0.3) is 5.91 Å². The fourth-order valence-electron chi connectivity index (χ4n) is 1.88. The molecule has 2 rings (SSSR count). The molecule has 0 aliphatic heterocycles. The number of carbonyl (C=O) groups excluding carboxylic acids is 1. The van der Waals surface area contributed by atoms with Gasteiger partial charge in [0.15, 0.2) is 5.13 Å². The molecule has 0 saturated carbocycles. The first-order valence-electron chi connectivity index (χ1n) is 6.83. The Hall–Kier alpha value is -2.09. The zero-order valence-corrected chi connectivity index (χ0v) is 13.1. The van der Waals surface area contributed by atoms with Gasteiger partial charge < -0.3 is 20.5 Å². The molecule has 0 fully saturated rings. The quantitative estimate of drug-likeness (QED) is 0.802. The number of amides is 1. The Morgan fingerprint density at radius 1 is 1.57 bits per heavy atom. The van der Waals surface area contributed by atoms with Gasteiger partial charge in [0.2, 0.25) is 0 Å². The molecule has 2 aromatic heterocycles. The summed E-state index contributed by atoms with van der Waals surface area (Å²) >= 11 is 1.32. The maximum absolute atomic E-state index is 12.1. The number of hydrogen-bond acceptors (Lipinski definition) is 6. The van der Waals surface area contributed by atoms with Crippen molar-refractivity contribution >= 4 is 28.2 Å². The van der Waals surface area contributed by atoms with Crippen LogP contribution in [0.5, 0.6) is 0 Å². The van der Waals surface area contributed by atoms with Gasteiger partial charge in [-0.15, -0.1) is 0 Å². The van der Waals surface area contributed by atoms with E-state index in [1.807, 2.05) is 22.7 Å². The summed E-state index contributed by atoms with van der Waals surface area (Å²) in [6.07, 6.45) is 6.29. The maximum Gasteiger partial charge on any atom is 0.265 e. The van der Waals surface area contributed by atoms with Crippen LogP contribution in [0, 0.1) is 0 Å². The van der Waals surface area contributed by atoms with Crippen LogP contribution >= 0.6 is 11.3 Å². The van der Waals surface area contributed by atoms with Crippen molar-refractivity contribution < 1.29 is 4.79 Å². The van der Waals surface area contributed by atoms with Crippen LogP contribution in [-0.2, 0) is 6.54 Å². The van der Waals surface area contributed by atoms with E-state index < -0.39 is 0 Å². The van der Waals surface area contributed by atoms with Crippen LogP contribution in [-0.4, -0.2) is 40.6 Å². The zero-order chi connectivity index (χ0) is 15.2. The first-order valence-corrected chi connectivity index (χ1v) is 7.64. The predicted molar refractivity (Wildman–Crippen MR) is 84.6 cm³/mol. The normalized spacial score (nSPS) is 10.6. The molecule has 0 spiro atoms. The monoisotopic (exact) mass is 308 g/mol. The SMILES string of the molecule is CCCN(C)c1nc(N)c(C(=O)NCCn2ccnc2)s1. The number of nitrogens with zero attached hydrogens (tertiary/aromatic N) is 4. The van der Waals surface area contributed by atoms with Gasteiger partial charge in [0.1, 0.15) is 10.7 Å². The lowest BCUT2D eigenvalue weighted by molar-refractivity contribution is 0.0957. The lowest BCUT2D eigenvalue weighted by atomic mass is 10.4. The van der Waals surface area contributed by atoms with Crippen molar-refractivity contribution in [3.8, 4) is 0 Å². The molecule has 7 nitrogen and oxygen atoms in total. The van der Waals surface area contributed by atoms with Crippen LogP contribution in [0.15, 0.2) is 18.7 Å². The van der Waals surface area contributed by atoms with E-state index in [-0.39, 0.29) is 11.7 Å². The van der Waals surface area contributed by atoms with Gasteiger partial charge in [0, 0.05) is 39.1 Å². The molecule has 2 aromatic rings. The Morgan fingerprint density at radius 3 is 3.05 bits per heavy atom. The van der Waals surface area contributed by atoms with Crippen LogP contribution in [0.25, 0.3) is 0 Å². The largest absolute Gasteiger partial charge is 0.382 e. The molecule has 114 valence electrons. The summed E-state index contributed by atoms with van der Waals surface area (Å²) in [6, 6.07) is 0. The number of carbonyl (C=O) groups is 1. The van der Waals surface area contributed by atoms with E-state index in [2.05, 4.69) is 22.2 Å². The highest BCUT2D eigenvalue weighted by atomic mass is 32.1. The minimum absolute atomic E-state index is 0.179. The number of nitrogen functional groups attached to an aromatic ring is 1. The number of aromatic nitrogens is 3. The van der Waals surface area contributed by atoms with E-state index in [1.165, 1.54) is 11.3 Å². The van der Waals surface area contributed by atoms with Crippen molar-refractivity contribution in [1.29, 1.82) is 0 Å². The van der Waals surface area contributed by atoms with E-state index >= 15 is 0 Å². The Bertz CT molecular complexity index is 580. The highest BCUT2D eigenvalue weighted by Crippen LogP contribution is 2.27. The minimum Gasteiger partial charge on any atom is -0.382 e. The first kappa shape index (κ1) is 15.3. The van der Waals surface area contributed by atoms with Gasteiger partial charge >= 0.3 is 0 Å². The minimum atomic E-state index is -0.179. The molecular formula is C13H20N6OS. The lowest BCUT2D eigenvalue weighted by Crippen LogP contribution is -2.26. The van der Waals surface area contributed by atoms with E-state index in [1.54, 1.807) is 12.5 Å². The van der Waals surface area contributed by atoms with Crippen LogP contribution < -0.4 is 16.0 Å². The van der Waals surface area contributed by atoms with Gasteiger partial charge in [-0.2, -0.15) is 0 Å². The van der Waals surface area contributed by atoms with Crippen LogP contribution in [0.2, 0.25) is 0 Å². The third kappa shape index (κ3) is 3.94. The molecule has 0 aliphatic carbocycles. The van der Waals surface area contributed by atoms with Gasteiger partial charge in [-0.05, 0) is 6.42 Å². The van der Waals surface area contributed by atoms with Crippen LogP contribution in [0.4, 0.5) is 10.9 Å². The van der Waals surface area contributed by atoms with Gasteiger partial charge in [-0.3, -0.25) is 4.79 Å². The fraction of sp³-hybridized carbons (Fsp3) is 0.462. The molecule has 0 aliphatic rings. The maximum atomic E-state index is 12.1. The van der Waals surface area contributed by atoms with Crippen LogP contribution in [0.1, 0.15) is 23.0 Å². The molecule has 8 heteroatoms. The third-order valence-electron chi connectivity index (χ3n) is 2.95. The smallest absolute Gasteiger partial charge is 0.265 e. The molecule has 21 heavy (non-hydrogen) atoms. The molecule has 0 atom stereocenters. The number of thiazole rings is 1. The number of hydrogen-bond donors (Lipinski definition) is 2. The number of rotatable bonds is 7. The van der Waals surface area contributed by atoms with Gasteiger partial charge in [0.05, 0.1) is 6.33 Å². The van der Waals surface area contributed by atoms with Gasteiger partial charge in [-0.25, -0.2) is 9.97 Å². The summed E-state index contributed by atoms with van der Waals surface area (Å²) in [5, 5.41) is 3.62. The molecule has 3 N–H and O–H groups in total. The van der Waals surface area contributed by atoms with Crippen LogP contribution in [0.3, 0.4) is 0 Å². The zero-order valence-electron chi connectivity index (χ0n) is 12.2. The molecule has 2 heterocycles. The second-order valence-electron chi connectivity index (χ2n) is 4.69. The van der Waals surface area contributed by atoms with Crippen molar-refractivity contribution in [2.45, 2.75) is 19.9 Å². The summed E-state index contributed by atoms with van der Waals surface area (Å²) in [6.45, 7) is 4.17. The number of imidazole rings is 1. The predicted octanol–water partition coefficient (Wildman–Crippen LogP) is 1.20. The summed E-state index contributed by atoms with van der Waals surface area (Å²) in [4.78, 5) is 22.8. The molecule has 1 amide bonds. The topological polar surface area (TPSA) is 89.1 Å². The number of nitrogens with one attached hydrogen (secondary N) is 1. The highest BCUT2D eigenvalue weighted by molar-refractivity contribution is 7.18. The Morgan fingerprint density at radius 2 is 2.38 bits per heavy atom. The Kier molecular flexibility index (Phi) is 5.15. The number of anilines is 2. The van der Waals surface area contributed by atoms with Gasteiger partial charge in [-0.1, -0.05) is 18.3 Å². The summed E-state index contributed by atoms with van der Waals surface area (Å²) in [5.41, 5.74) is 5.84. The molecule has 0 saturated heterocycles. The lowest BCUT2D eigenvalue weighted by Gasteiger charge is -2.13. The Labute approximate surface area is 127 Å². The number of nitrogens with two attached hydrogens (primary N) is 1. The van der Waals surface area contributed by atoms with Crippen molar-refractivity contribution in [3.63, 3.8) is 0 Å². The molecule has 0 bridgehead atoms. The summed E-state index contributed by atoms with van der Waals surface area (Å²) in [7, 11) is 1.95. The van der Waals surface area contributed by atoms with E-state index in [0.717, 1.165) is 18.1 Å². The molecular weight excluding hydrogens is 288 g/mol. The molecule has 0 unspecified atom stereocenters. The van der Waals surface area contributed by atoms with E-state index in [9.17, 15) is 4.79 Å². The van der Waals surface area contributed by atoms with Crippen molar-refractivity contribution in [3.05, 3.63) is 23.6 Å². The first-order chi connectivity index (χ1) is 10.1. The average molecular weight is 308 g/mol.